The van der Waals surface area contributed by atoms with E-state index in [0.29, 0.717) is 12.2 Å². The van der Waals surface area contributed by atoms with Crippen LogP contribution in [-0.4, -0.2) is 44.3 Å². The van der Waals surface area contributed by atoms with Crippen molar-refractivity contribution in [2.24, 2.45) is 0 Å². The highest BCUT2D eigenvalue weighted by Crippen LogP contribution is 2.24. The number of methoxy groups -OCH3 is 1. The zero-order valence-electron chi connectivity index (χ0n) is 14.4. The number of rotatable bonds is 6. The summed E-state index contributed by atoms with van der Waals surface area (Å²) in [4.78, 5) is 14.2. The van der Waals surface area contributed by atoms with E-state index in [1.807, 2.05) is 36.4 Å². The Labute approximate surface area is 148 Å². The minimum absolute atomic E-state index is 0.359. The maximum absolute atomic E-state index is 11.8. The van der Waals surface area contributed by atoms with E-state index in [9.17, 15) is 4.79 Å². The summed E-state index contributed by atoms with van der Waals surface area (Å²) in [6.07, 6.45) is 0. The first-order valence-electron chi connectivity index (χ1n) is 8.44. The van der Waals surface area contributed by atoms with Gasteiger partial charge in [0.05, 0.1) is 25.9 Å². The Hall–Kier alpha value is -2.37. The standard InChI is InChI=1S/C20H23NO4/c1-23-20(22)17-7-8-18(14-21-9-11-24-12-10-21)19(13-17)25-15-16-5-3-2-4-6-16/h2-8,13H,9-12,14-15H2,1H3. The van der Waals surface area contributed by atoms with E-state index in [-0.39, 0.29) is 5.97 Å². The number of esters is 1. The van der Waals surface area contributed by atoms with Gasteiger partial charge in [0.25, 0.3) is 0 Å². The van der Waals surface area contributed by atoms with E-state index in [4.69, 9.17) is 14.2 Å². The third kappa shape index (κ3) is 4.81. The monoisotopic (exact) mass is 341 g/mol. The van der Waals surface area contributed by atoms with Crippen LogP contribution in [0.3, 0.4) is 0 Å². The van der Waals surface area contributed by atoms with Gasteiger partial charge < -0.3 is 14.2 Å². The molecule has 0 bridgehead atoms. The summed E-state index contributed by atoms with van der Waals surface area (Å²) in [7, 11) is 1.38. The molecule has 0 atom stereocenters. The summed E-state index contributed by atoms with van der Waals surface area (Å²) >= 11 is 0. The van der Waals surface area contributed by atoms with E-state index < -0.39 is 0 Å². The lowest BCUT2D eigenvalue weighted by Crippen LogP contribution is -2.35. The third-order valence-corrected chi connectivity index (χ3v) is 4.22. The van der Waals surface area contributed by atoms with Crippen molar-refractivity contribution in [2.45, 2.75) is 13.2 Å². The predicted molar refractivity (Wildman–Crippen MR) is 94.7 cm³/mol. The molecule has 2 aromatic rings. The molecule has 1 fully saturated rings. The topological polar surface area (TPSA) is 48.0 Å². The average Bonchev–Trinajstić information content (AvgIpc) is 2.68. The minimum Gasteiger partial charge on any atom is -0.489 e. The molecule has 0 saturated carbocycles. The molecule has 3 rings (SSSR count). The van der Waals surface area contributed by atoms with Crippen molar-refractivity contribution in [1.29, 1.82) is 0 Å². The fourth-order valence-corrected chi connectivity index (χ4v) is 2.80. The highest BCUT2D eigenvalue weighted by atomic mass is 16.5. The molecular formula is C20H23NO4. The van der Waals surface area contributed by atoms with Gasteiger partial charge in [-0.1, -0.05) is 36.4 Å². The van der Waals surface area contributed by atoms with Crippen LogP contribution in [0.4, 0.5) is 0 Å². The Balaban J connectivity index is 1.78. The first kappa shape index (κ1) is 17.5. The van der Waals surface area contributed by atoms with Gasteiger partial charge in [-0.15, -0.1) is 0 Å². The van der Waals surface area contributed by atoms with Crippen molar-refractivity contribution >= 4 is 5.97 Å². The van der Waals surface area contributed by atoms with E-state index >= 15 is 0 Å². The number of carbonyl (C=O) groups is 1. The first-order valence-corrected chi connectivity index (χ1v) is 8.44. The van der Waals surface area contributed by atoms with Gasteiger partial charge in [0.2, 0.25) is 0 Å². The summed E-state index contributed by atoms with van der Waals surface area (Å²) in [5, 5.41) is 0. The molecule has 1 aliphatic rings. The smallest absolute Gasteiger partial charge is 0.337 e. The van der Waals surface area contributed by atoms with Crippen LogP contribution in [0.2, 0.25) is 0 Å². The van der Waals surface area contributed by atoms with Gasteiger partial charge in [-0.25, -0.2) is 4.79 Å². The fraction of sp³-hybridized carbons (Fsp3) is 0.350. The minimum atomic E-state index is -0.359. The highest BCUT2D eigenvalue weighted by Gasteiger charge is 2.16. The normalized spacial score (nSPS) is 14.9. The quantitative estimate of drug-likeness (QED) is 0.756. The van der Waals surface area contributed by atoms with Crippen molar-refractivity contribution in [3.05, 3.63) is 65.2 Å². The molecule has 0 aliphatic carbocycles. The molecule has 2 aromatic carbocycles. The van der Waals surface area contributed by atoms with E-state index in [1.165, 1.54) is 7.11 Å². The molecular weight excluding hydrogens is 318 g/mol. The van der Waals surface area contributed by atoms with Crippen molar-refractivity contribution in [3.8, 4) is 5.75 Å². The second kappa shape index (κ2) is 8.65. The lowest BCUT2D eigenvalue weighted by Gasteiger charge is -2.27. The fourth-order valence-electron chi connectivity index (χ4n) is 2.80. The Morgan fingerprint density at radius 2 is 1.88 bits per heavy atom. The summed E-state index contributed by atoms with van der Waals surface area (Å²) in [5.74, 6) is 0.362. The van der Waals surface area contributed by atoms with Crippen LogP contribution in [0.5, 0.6) is 5.75 Å². The average molecular weight is 341 g/mol. The van der Waals surface area contributed by atoms with E-state index in [0.717, 1.165) is 49.7 Å². The van der Waals surface area contributed by atoms with Gasteiger partial charge >= 0.3 is 5.97 Å². The van der Waals surface area contributed by atoms with Gasteiger partial charge in [-0.2, -0.15) is 0 Å². The van der Waals surface area contributed by atoms with Crippen LogP contribution in [-0.2, 0) is 22.6 Å². The third-order valence-electron chi connectivity index (χ3n) is 4.22. The van der Waals surface area contributed by atoms with Crippen LogP contribution < -0.4 is 4.74 Å². The number of nitrogens with zero attached hydrogens (tertiary/aromatic N) is 1. The summed E-state index contributed by atoms with van der Waals surface area (Å²) in [5.41, 5.74) is 2.64. The maximum atomic E-state index is 11.8. The molecule has 5 heteroatoms. The lowest BCUT2D eigenvalue weighted by molar-refractivity contribution is 0.0337. The maximum Gasteiger partial charge on any atom is 0.337 e. The van der Waals surface area contributed by atoms with Gasteiger partial charge in [0, 0.05) is 25.2 Å². The number of carbonyl (C=O) groups excluding carboxylic acids is 1. The molecule has 132 valence electrons. The summed E-state index contributed by atoms with van der Waals surface area (Å²) in [6, 6.07) is 15.5. The van der Waals surface area contributed by atoms with Crippen molar-refractivity contribution in [3.63, 3.8) is 0 Å². The van der Waals surface area contributed by atoms with E-state index in [2.05, 4.69) is 4.90 Å². The zero-order valence-corrected chi connectivity index (χ0v) is 14.4. The van der Waals surface area contributed by atoms with Crippen molar-refractivity contribution in [1.82, 2.24) is 4.90 Å². The van der Waals surface area contributed by atoms with Crippen LogP contribution in [0.25, 0.3) is 0 Å². The number of benzene rings is 2. The van der Waals surface area contributed by atoms with Gasteiger partial charge in [0.15, 0.2) is 0 Å². The molecule has 0 aromatic heterocycles. The van der Waals surface area contributed by atoms with Gasteiger partial charge in [0.1, 0.15) is 12.4 Å². The first-order chi connectivity index (χ1) is 12.3. The molecule has 0 N–H and O–H groups in total. The van der Waals surface area contributed by atoms with Crippen molar-refractivity contribution in [2.75, 3.05) is 33.4 Å². The van der Waals surface area contributed by atoms with Crippen LogP contribution in [0, 0.1) is 0 Å². The van der Waals surface area contributed by atoms with Gasteiger partial charge in [-0.3, -0.25) is 4.90 Å². The Morgan fingerprint density at radius 1 is 1.12 bits per heavy atom. The number of morpholine rings is 1. The Morgan fingerprint density at radius 3 is 2.60 bits per heavy atom. The molecule has 0 unspecified atom stereocenters. The molecule has 0 radical (unpaired) electrons. The predicted octanol–water partition coefficient (Wildman–Crippen LogP) is 2.88. The molecule has 1 aliphatic heterocycles. The highest BCUT2D eigenvalue weighted by molar-refractivity contribution is 5.89. The molecule has 1 saturated heterocycles. The Bertz CT molecular complexity index is 696. The summed E-state index contributed by atoms with van der Waals surface area (Å²) in [6.45, 7) is 4.53. The van der Waals surface area contributed by atoms with E-state index in [1.54, 1.807) is 12.1 Å². The molecule has 1 heterocycles. The molecule has 25 heavy (non-hydrogen) atoms. The van der Waals surface area contributed by atoms with Gasteiger partial charge in [-0.05, 0) is 17.7 Å². The number of hydrogen-bond donors (Lipinski definition) is 0. The lowest BCUT2D eigenvalue weighted by atomic mass is 10.1. The molecule has 0 amide bonds. The largest absolute Gasteiger partial charge is 0.489 e. The Kier molecular flexibility index (Phi) is 6.04. The summed E-state index contributed by atoms with van der Waals surface area (Å²) < 4.78 is 16.3. The number of ether oxygens (including phenoxy) is 3. The molecule has 5 nitrogen and oxygen atoms in total. The SMILES string of the molecule is COC(=O)c1ccc(CN2CCOCC2)c(OCc2ccccc2)c1. The zero-order chi connectivity index (χ0) is 17.5. The van der Waals surface area contributed by atoms with Crippen molar-refractivity contribution < 1.29 is 19.0 Å². The van der Waals surface area contributed by atoms with Crippen LogP contribution in [0.1, 0.15) is 21.5 Å². The molecule has 0 spiro atoms. The number of hydrogen-bond acceptors (Lipinski definition) is 5. The second-order valence-electron chi connectivity index (χ2n) is 5.98. The van der Waals surface area contributed by atoms with Crippen LogP contribution >= 0.6 is 0 Å². The van der Waals surface area contributed by atoms with Crippen LogP contribution in [0.15, 0.2) is 48.5 Å². The second-order valence-corrected chi connectivity index (χ2v) is 5.98.